The maximum Gasteiger partial charge on any atom is 0.244 e. The first-order valence-electron chi connectivity index (χ1n) is 6.14. The van der Waals surface area contributed by atoms with Crippen LogP contribution in [0.15, 0.2) is 27.6 Å². The van der Waals surface area contributed by atoms with Crippen molar-refractivity contribution < 1.29 is 8.42 Å². The van der Waals surface area contributed by atoms with Crippen LogP contribution in [0.2, 0.25) is 5.02 Å². The number of halogens is 2. The van der Waals surface area contributed by atoms with Crippen molar-refractivity contribution in [3.05, 3.63) is 27.7 Å². The molecule has 0 radical (unpaired) electrons. The Morgan fingerprint density at radius 1 is 1.26 bits per heavy atom. The van der Waals surface area contributed by atoms with Gasteiger partial charge in [-0.15, -0.1) is 0 Å². The Bertz CT molecular complexity index is 596. The first-order chi connectivity index (χ1) is 8.98. The van der Waals surface area contributed by atoms with E-state index in [4.69, 9.17) is 11.6 Å². The van der Waals surface area contributed by atoms with Gasteiger partial charge in [-0.1, -0.05) is 27.5 Å². The number of nitrogens with zero attached hydrogens (tertiary/aromatic N) is 1. The zero-order valence-electron chi connectivity index (χ0n) is 10.1. The third-order valence-electron chi connectivity index (χ3n) is 3.87. The lowest BCUT2D eigenvalue weighted by molar-refractivity contribution is 0.448. The Hall–Kier alpha value is -0.140. The average molecular weight is 366 g/mol. The van der Waals surface area contributed by atoms with Crippen LogP contribution >= 0.6 is 27.5 Å². The highest BCUT2D eigenvalue weighted by Crippen LogP contribution is 2.33. The number of fused-ring (bicyclic) bond motifs is 1. The standard InChI is InChI=1S/C12H14BrClN2O2S/c13-10-1-2-12(11(14)3-10)19(17,18)16-6-8-4-15-5-9(8)7-16/h1-3,8-9,15H,4-7H2/t8-,9+. The predicted molar refractivity (Wildman–Crippen MR) is 77.8 cm³/mol. The molecular formula is C12H14BrClN2O2S. The normalized spacial score (nSPS) is 27.7. The van der Waals surface area contributed by atoms with E-state index in [1.165, 1.54) is 0 Å². The third-order valence-corrected chi connectivity index (χ3v) is 6.68. The van der Waals surface area contributed by atoms with Gasteiger partial charge in [-0.3, -0.25) is 0 Å². The van der Waals surface area contributed by atoms with E-state index in [0.29, 0.717) is 24.9 Å². The molecule has 104 valence electrons. The number of hydrogen-bond acceptors (Lipinski definition) is 3. The minimum atomic E-state index is -3.48. The molecule has 2 atom stereocenters. The third kappa shape index (κ3) is 2.45. The maximum absolute atomic E-state index is 12.6. The maximum atomic E-state index is 12.6. The summed E-state index contributed by atoms with van der Waals surface area (Å²) in [5.41, 5.74) is 0. The second-order valence-electron chi connectivity index (χ2n) is 5.08. The molecule has 0 bridgehead atoms. The van der Waals surface area contributed by atoms with Crippen molar-refractivity contribution in [1.29, 1.82) is 0 Å². The molecule has 19 heavy (non-hydrogen) atoms. The number of nitrogens with one attached hydrogen (secondary N) is 1. The van der Waals surface area contributed by atoms with Crippen molar-refractivity contribution >= 4 is 37.6 Å². The van der Waals surface area contributed by atoms with E-state index < -0.39 is 10.0 Å². The van der Waals surface area contributed by atoms with Crippen molar-refractivity contribution in [1.82, 2.24) is 9.62 Å². The van der Waals surface area contributed by atoms with Gasteiger partial charge in [0.05, 0.1) is 5.02 Å². The molecule has 3 rings (SSSR count). The minimum absolute atomic E-state index is 0.199. The van der Waals surface area contributed by atoms with E-state index in [0.717, 1.165) is 17.6 Å². The summed E-state index contributed by atoms with van der Waals surface area (Å²) in [5.74, 6) is 0.869. The van der Waals surface area contributed by atoms with Gasteiger partial charge in [0.15, 0.2) is 0 Å². The topological polar surface area (TPSA) is 49.4 Å². The van der Waals surface area contributed by atoms with Crippen LogP contribution in [0.25, 0.3) is 0 Å². The summed E-state index contributed by atoms with van der Waals surface area (Å²) in [4.78, 5) is 0.199. The second-order valence-corrected chi connectivity index (χ2v) is 8.30. The van der Waals surface area contributed by atoms with Crippen molar-refractivity contribution in [2.24, 2.45) is 11.8 Å². The Labute approximate surface area is 126 Å². The van der Waals surface area contributed by atoms with Crippen LogP contribution in [0.1, 0.15) is 0 Å². The van der Waals surface area contributed by atoms with Gasteiger partial charge in [0.25, 0.3) is 0 Å². The molecule has 2 aliphatic heterocycles. The molecule has 1 N–H and O–H groups in total. The number of rotatable bonds is 2. The Morgan fingerprint density at radius 2 is 1.89 bits per heavy atom. The molecule has 2 aliphatic rings. The largest absolute Gasteiger partial charge is 0.316 e. The summed E-state index contributed by atoms with van der Waals surface area (Å²) in [6, 6.07) is 4.89. The number of sulfonamides is 1. The van der Waals surface area contributed by atoms with Gasteiger partial charge in [-0.25, -0.2) is 8.42 Å². The molecule has 0 aromatic heterocycles. The lowest BCUT2D eigenvalue weighted by Gasteiger charge is -2.18. The van der Waals surface area contributed by atoms with Crippen LogP contribution in [-0.2, 0) is 10.0 Å². The molecule has 7 heteroatoms. The van der Waals surface area contributed by atoms with Gasteiger partial charge < -0.3 is 5.32 Å². The van der Waals surface area contributed by atoms with Crippen molar-refractivity contribution in [3.8, 4) is 0 Å². The van der Waals surface area contributed by atoms with Crippen molar-refractivity contribution in [2.75, 3.05) is 26.2 Å². The molecule has 1 aromatic carbocycles. The smallest absolute Gasteiger partial charge is 0.244 e. The van der Waals surface area contributed by atoms with Gasteiger partial charge >= 0.3 is 0 Å². The molecule has 2 saturated heterocycles. The van der Waals surface area contributed by atoms with E-state index in [9.17, 15) is 8.42 Å². The van der Waals surface area contributed by atoms with Gasteiger partial charge in [-0.05, 0) is 43.1 Å². The zero-order valence-corrected chi connectivity index (χ0v) is 13.3. The van der Waals surface area contributed by atoms with Crippen LogP contribution < -0.4 is 5.32 Å². The highest BCUT2D eigenvalue weighted by atomic mass is 79.9. The van der Waals surface area contributed by atoms with E-state index in [1.54, 1.807) is 22.5 Å². The summed E-state index contributed by atoms with van der Waals surface area (Å²) < 4.78 is 27.6. The predicted octanol–water partition coefficient (Wildman–Crippen LogP) is 1.94. The lowest BCUT2D eigenvalue weighted by atomic mass is 10.0. The molecule has 1 aromatic rings. The number of benzene rings is 1. The molecule has 0 aliphatic carbocycles. The fraction of sp³-hybridized carbons (Fsp3) is 0.500. The molecule has 4 nitrogen and oxygen atoms in total. The van der Waals surface area contributed by atoms with E-state index in [-0.39, 0.29) is 9.92 Å². The summed E-state index contributed by atoms with van der Waals surface area (Å²) >= 11 is 9.35. The minimum Gasteiger partial charge on any atom is -0.316 e. The van der Waals surface area contributed by atoms with Gasteiger partial charge in [0.1, 0.15) is 4.90 Å². The molecule has 2 fully saturated rings. The molecule has 0 saturated carbocycles. The van der Waals surface area contributed by atoms with Crippen LogP contribution in [-0.4, -0.2) is 38.9 Å². The summed E-state index contributed by atoms with van der Waals surface area (Å²) in [6.45, 7) is 2.99. The van der Waals surface area contributed by atoms with Crippen molar-refractivity contribution in [2.45, 2.75) is 4.90 Å². The summed E-state index contributed by atoms with van der Waals surface area (Å²) in [7, 11) is -3.48. The second kappa shape index (κ2) is 5.00. The monoisotopic (exact) mass is 364 g/mol. The van der Waals surface area contributed by atoms with Crippen molar-refractivity contribution in [3.63, 3.8) is 0 Å². The van der Waals surface area contributed by atoms with E-state index >= 15 is 0 Å². The lowest BCUT2D eigenvalue weighted by Crippen LogP contribution is -2.32. The van der Waals surface area contributed by atoms with Crippen LogP contribution in [0.4, 0.5) is 0 Å². The Morgan fingerprint density at radius 3 is 2.47 bits per heavy atom. The summed E-state index contributed by atoms with van der Waals surface area (Å²) in [6.07, 6.45) is 0. The first-order valence-corrected chi connectivity index (χ1v) is 8.75. The Kier molecular flexibility index (Phi) is 3.64. The first kappa shape index (κ1) is 13.8. The van der Waals surface area contributed by atoms with Gasteiger partial charge in [0, 0.05) is 17.6 Å². The molecule has 2 heterocycles. The molecular weight excluding hydrogens is 352 g/mol. The van der Waals surface area contributed by atoms with Gasteiger partial charge in [-0.2, -0.15) is 4.31 Å². The molecule has 0 amide bonds. The SMILES string of the molecule is O=S(=O)(c1ccc(Br)cc1Cl)N1C[C@H]2CNC[C@H]2C1. The summed E-state index contributed by atoms with van der Waals surface area (Å²) in [5, 5.41) is 3.57. The highest BCUT2D eigenvalue weighted by molar-refractivity contribution is 9.10. The molecule has 0 unspecified atom stereocenters. The van der Waals surface area contributed by atoms with Gasteiger partial charge in [0.2, 0.25) is 10.0 Å². The van der Waals surface area contributed by atoms with Crippen LogP contribution in [0.3, 0.4) is 0 Å². The van der Waals surface area contributed by atoms with E-state index in [1.807, 2.05) is 0 Å². The highest BCUT2D eigenvalue weighted by Gasteiger charge is 2.41. The Balaban J connectivity index is 1.91. The van der Waals surface area contributed by atoms with Crippen LogP contribution in [0, 0.1) is 11.8 Å². The van der Waals surface area contributed by atoms with E-state index in [2.05, 4.69) is 21.2 Å². The quantitative estimate of drug-likeness (QED) is 0.871. The van der Waals surface area contributed by atoms with Crippen LogP contribution in [0.5, 0.6) is 0 Å². The molecule has 0 spiro atoms. The fourth-order valence-corrected chi connectivity index (χ4v) is 5.40. The fourth-order valence-electron chi connectivity index (χ4n) is 2.83. The number of hydrogen-bond donors (Lipinski definition) is 1. The average Bonchev–Trinajstić information content (AvgIpc) is 2.87. The zero-order chi connectivity index (χ0) is 13.6.